The van der Waals surface area contributed by atoms with Crippen molar-refractivity contribution in [1.29, 1.82) is 0 Å². The lowest BCUT2D eigenvalue weighted by Crippen LogP contribution is -1.85. The summed E-state index contributed by atoms with van der Waals surface area (Å²) in [5, 5.41) is 35.0. The van der Waals surface area contributed by atoms with E-state index in [-0.39, 0.29) is 0 Å². The van der Waals surface area contributed by atoms with Crippen LogP contribution in [-0.2, 0) is 0 Å². The van der Waals surface area contributed by atoms with Gasteiger partial charge in [0.1, 0.15) is 0 Å². The molecule has 0 saturated heterocycles. The molecule has 0 aromatic carbocycles. The summed E-state index contributed by atoms with van der Waals surface area (Å²) in [7, 11) is 5.00. The standard InChI is InChI=1S/C40H80.5CH4O/c1-2-4-6-8-10-12-14-16-18-20-22-24-26-28-30-32-34-36-38-40-39-37-35-33-31-29-27-25-23-21-19-17-15-13-11-9-7-5-3-1;5*1-2/h1-40H2;5*2H,1H3. The molecular formula is C45H100O5. The van der Waals surface area contributed by atoms with Gasteiger partial charge in [0, 0.05) is 35.5 Å². The van der Waals surface area contributed by atoms with Crippen molar-refractivity contribution in [1.82, 2.24) is 0 Å². The first kappa shape index (κ1) is 59.1. The Balaban J connectivity index is -0.000000616. The molecule has 1 fully saturated rings. The Labute approximate surface area is 317 Å². The molecule has 0 bridgehead atoms. The lowest BCUT2D eigenvalue weighted by molar-refractivity contribution is 0.399. The highest BCUT2D eigenvalue weighted by atomic mass is 16.2. The summed E-state index contributed by atoms with van der Waals surface area (Å²) in [5.41, 5.74) is 0. The van der Waals surface area contributed by atoms with Crippen LogP contribution >= 0.6 is 0 Å². The topological polar surface area (TPSA) is 101 Å². The van der Waals surface area contributed by atoms with Crippen molar-refractivity contribution in [3.63, 3.8) is 0 Å². The zero-order valence-corrected chi connectivity index (χ0v) is 35.5. The second-order valence-corrected chi connectivity index (χ2v) is 14.1. The minimum absolute atomic E-state index is 1.00. The molecule has 1 rings (SSSR count). The lowest BCUT2D eigenvalue weighted by atomic mass is 10.0. The van der Waals surface area contributed by atoms with Gasteiger partial charge in [0.2, 0.25) is 0 Å². The molecule has 0 spiro atoms. The van der Waals surface area contributed by atoms with Gasteiger partial charge in [0.05, 0.1) is 0 Å². The summed E-state index contributed by atoms with van der Waals surface area (Å²) in [5.74, 6) is 0. The molecule has 0 amide bonds. The molecule has 50 heavy (non-hydrogen) atoms. The normalized spacial score (nSPS) is 19.8. The van der Waals surface area contributed by atoms with Crippen LogP contribution in [0, 0.1) is 0 Å². The second-order valence-electron chi connectivity index (χ2n) is 14.1. The Bertz CT molecular complexity index is 236. The van der Waals surface area contributed by atoms with Crippen LogP contribution in [0.1, 0.15) is 257 Å². The maximum Gasteiger partial charge on any atom is 0.0319 e. The van der Waals surface area contributed by atoms with Crippen molar-refractivity contribution in [2.45, 2.75) is 257 Å². The number of hydrogen-bond acceptors (Lipinski definition) is 5. The average Bonchev–Trinajstić information content (AvgIpc) is 3.18. The van der Waals surface area contributed by atoms with Gasteiger partial charge >= 0.3 is 0 Å². The number of rotatable bonds is 0. The van der Waals surface area contributed by atoms with Gasteiger partial charge in [-0.1, -0.05) is 257 Å². The van der Waals surface area contributed by atoms with Crippen molar-refractivity contribution in [3.05, 3.63) is 0 Å². The van der Waals surface area contributed by atoms with Gasteiger partial charge in [-0.2, -0.15) is 0 Å². The smallest absolute Gasteiger partial charge is 0.0319 e. The van der Waals surface area contributed by atoms with Gasteiger partial charge in [0.25, 0.3) is 0 Å². The van der Waals surface area contributed by atoms with Crippen molar-refractivity contribution >= 4 is 0 Å². The molecule has 0 aromatic heterocycles. The van der Waals surface area contributed by atoms with Gasteiger partial charge in [-0.15, -0.1) is 0 Å². The van der Waals surface area contributed by atoms with E-state index >= 15 is 0 Å². The molecule has 0 heterocycles. The van der Waals surface area contributed by atoms with E-state index in [0.29, 0.717) is 0 Å². The third kappa shape index (κ3) is 66.1. The molecule has 310 valence electrons. The Morgan fingerprint density at radius 2 is 0.120 bits per heavy atom. The molecule has 5 nitrogen and oxygen atoms in total. The SMILES string of the molecule is C1CCCCCCCCCCCCCCCCCCCCCCCCCCCCCCCCCCCCCCC1.CO.CO.CO.CO.CO. The number of aliphatic hydroxyl groups is 5. The zero-order chi connectivity index (χ0) is 38.3. The summed E-state index contributed by atoms with van der Waals surface area (Å²) in [4.78, 5) is 0. The van der Waals surface area contributed by atoms with Crippen LogP contribution in [0.5, 0.6) is 0 Å². The highest BCUT2D eigenvalue weighted by Crippen LogP contribution is 2.18. The van der Waals surface area contributed by atoms with Crippen molar-refractivity contribution in [2.75, 3.05) is 35.5 Å². The minimum atomic E-state index is 1.00. The summed E-state index contributed by atoms with van der Waals surface area (Å²) in [6.45, 7) is 0. The van der Waals surface area contributed by atoms with Gasteiger partial charge < -0.3 is 25.5 Å². The maximum atomic E-state index is 7.00. The van der Waals surface area contributed by atoms with E-state index in [2.05, 4.69) is 0 Å². The summed E-state index contributed by atoms with van der Waals surface area (Å²) < 4.78 is 0. The summed E-state index contributed by atoms with van der Waals surface area (Å²) in [6, 6.07) is 0. The van der Waals surface area contributed by atoms with E-state index < -0.39 is 0 Å². The Hall–Kier alpha value is -0.200. The predicted octanol–water partition coefficient (Wildman–Crippen LogP) is 13.6. The van der Waals surface area contributed by atoms with E-state index in [4.69, 9.17) is 25.5 Å². The lowest BCUT2D eigenvalue weighted by Gasteiger charge is -2.05. The molecule has 5 N–H and O–H groups in total. The monoisotopic (exact) mass is 721 g/mol. The van der Waals surface area contributed by atoms with E-state index in [9.17, 15) is 0 Å². The fraction of sp³-hybridized carbons (Fsp3) is 1.00. The Morgan fingerprint density at radius 1 is 0.100 bits per heavy atom. The fourth-order valence-electron chi connectivity index (χ4n) is 7.07. The summed E-state index contributed by atoms with van der Waals surface area (Å²) >= 11 is 0. The zero-order valence-electron chi connectivity index (χ0n) is 35.5. The molecule has 0 aromatic rings. The van der Waals surface area contributed by atoms with Crippen LogP contribution in [0.25, 0.3) is 0 Å². The highest BCUT2D eigenvalue weighted by Gasteiger charge is 1.98. The van der Waals surface area contributed by atoms with Crippen LogP contribution in [-0.4, -0.2) is 61.1 Å². The van der Waals surface area contributed by atoms with Crippen molar-refractivity contribution in [3.8, 4) is 0 Å². The highest BCUT2D eigenvalue weighted by molar-refractivity contribution is 4.54. The van der Waals surface area contributed by atoms with E-state index in [1.54, 1.807) is 0 Å². The minimum Gasteiger partial charge on any atom is -0.400 e. The Kier molecular flexibility index (Phi) is 83.2. The van der Waals surface area contributed by atoms with Crippen LogP contribution < -0.4 is 0 Å². The average molecular weight is 721 g/mol. The van der Waals surface area contributed by atoms with Crippen molar-refractivity contribution < 1.29 is 25.5 Å². The maximum absolute atomic E-state index is 7.00. The third-order valence-electron chi connectivity index (χ3n) is 10.00. The van der Waals surface area contributed by atoms with E-state index in [1.807, 2.05) is 0 Å². The van der Waals surface area contributed by atoms with Gasteiger partial charge in [-0.3, -0.25) is 0 Å². The van der Waals surface area contributed by atoms with Crippen LogP contribution in [0.15, 0.2) is 0 Å². The third-order valence-corrected chi connectivity index (χ3v) is 10.00. The molecule has 0 radical (unpaired) electrons. The molecule has 0 atom stereocenters. The van der Waals surface area contributed by atoms with Crippen LogP contribution in [0.3, 0.4) is 0 Å². The number of hydrogen-bond donors (Lipinski definition) is 5. The fourth-order valence-corrected chi connectivity index (χ4v) is 7.07. The molecule has 1 aliphatic carbocycles. The first-order chi connectivity index (χ1) is 25.0. The molecule has 1 aliphatic rings. The molecular weight excluding hydrogens is 620 g/mol. The second kappa shape index (κ2) is 70.4. The van der Waals surface area contributed by atoms with E-state index in [1.165, 1.54) is 257 Å². The predicted molar refractivity (Wildman–Crippen MR) is 225 cm³/mol. The Morgan fingerprint density at radius 3 is 0.140 bits per heavy atom. The quantitative estimate of drug-likeness (QED) is 0.171. The number of aliphatic hydroxyl groups excluding tert-OH is 5. The van der Waals surface area contributed by atoms with Gasteiger partial charge in [-0.05, 0) is 0 Å². The molecule has 5 heteroatoms. The summed E-state index contributed by atoms with van der Waals surface area (Å²) in [6.07, 6.45) is 60.0. The van der Waals surface area contributed by atoms with E-state index in [0.717, 1.165) is 35.5 Å². The van der Waals surface area contributed by atoms with Gasteiger partial charge in [-0.25, -0.2) is 0 Å². The molecule has 0 unspecified atom stereocenters. The first-order valence-corrected chi connectivity index (χ1v) is 22.2. The van der Waals surface area contributed by atoms with Crippen LogP contribution in [0.2, 0.25) is 0 Å². The first-order valence-electron chi connectivity index (χ1n) is 22.2. The largest absolute Gasteiger partial charge is 0.400 e. The molecule has 1 saturated carbocycles. The molecule has 0 aliphatic heterocycles. The van der Waals surface area contributed by atoms with Gasteiger partial charge in [0.15, 0.2) is 0 Å². The van der Waals surface area contributed by atoms with Crippen LogP contribution in [0.4, 0.5) is 0 Å². The van der Waals surface area contributed by atoms with Crippen molar-refractivity contribution in [2.24, 2.45) is 0 Å².